The number of aromatic nitrogens is 15. The summed E-state index contributed by atoms with van der Waals surface area (Å²) in [5, 5.41) is 36.6. The first-order valence-electron chi connectivity index (χ1n) is 40.8. The van der Waals surface area contributed by atoms with Gasteiger partial charge in [-0.2, -0.15) is 0 Å². The molecular weight excluding hydrogens is 1660 g/mol. The van der Waals surface area contributed by atoms with Crippen LogP contribution in [0.1, 0.15) is 147 Å². The molecule has 13 rings (SSSR count). The molecule has 2 aromatic carbocycles. The average molecular weight is 1760 g/mol. The van der Waals surface area contributed by atoms with Crippen LogP contribution >= 0.6 is 0 Å². The van der Waals surface area contributed by atoms with Gasteiger partial charge in [0.05, 0.1) is 58.7 Å². The maximum atomic E-state index is 13.4. The van der Waals surface area contributed by atoms with Gasteiger partial charge >= 0.3 is 0 Å². The molecule has 0 bridgehead atoms. The van der Waals surface area contributed by atoms with Crippen LogP contribution in [0.2, 0.25) is 0 Å². The molecule has 42 nitrogen and oxygen atoms in total. The van der Waals surface area contributed by atoms with Crippen molar-refractivity contribution in [3.8, 4) is 28.0 Å². The third kappa shape index (κ3) is 22.8. The summed E-state index contributed by atoms with van der Waals surface area (Å²) >= 11 is 0. The lowest BCUT2D eigenvalue weighted by atomic mass is 10.0. The van der Waals surface area contributed by atoms with E-state index in [1.807, 2.05) is 50.4 Å². The predicted octanol–water partition coefficient (Wildman–Crippen LogP) is 6.94. The number of nitrogens with one attached hydrogen (secondary N) is 12. The number of anilines is 7. The Balaban J connectivity index is 0.457. The molecule has 668 valence electrons. The van der Waals surface area contributed by atoms with Gasteiger partial charge in [0.1, 0.15) is 35.2 Å². The molecule has 0 aliphatic heterocycles. The molecule has 129 heavy (non-hydrogen) atoms. The SMILES string of the molecule is Cc1noc(C)c1-c1cnc2c(-c3ccc(C(=O)Nc4ccc(OCCOCCNC(=O)CCNC(=O)c5nc(NC(=O)c6cc(NC(=O)CCNC(=O)c7nc(NC(=O)CCCNC(=O)c8cc(NC(=O)c9nc(NC(=O)CCNC(=O)c%10cc(NC(=O)c%11nccn%11C)cn%10C)cn9C)cn8C)cn7C)cn6C)cn5C)cc4)cc3)cn([C@@H](C)c3ccccn3)c2c1. The molecule has 0 fully saturated rings. The van der Waals surface area contributed by atoms with Crippen LogP contribution in [0.25, 0.3) is 33.3 Å². The summed E-state index contributed by atoms with van der Waals surface area (Å²) in [6, 6.07) is 26.5. The van der Waals surface area contributed by atoms with Gasteiger partial charge in [0.15, 0.2) is 23.3 Å². The number of pyridine rings is 2. The van der Waals surface area contributed by atoms with Crippen LogP contribution in [0, 0.1) is 13.8 Å². The number of fused-ring (bicyclic) bond motifs is 1. The van der Waals surface area contributed by atoms with Gasteiger partial charge in [0.2, 0.25) is 41.1 Å². The fraction of sp³-hybridized carbons (Fsp3) is 0.276. The molecule has 0 aliphatic rings. The van der Waals surface area contributed by atoms with Crippen molar-refractivity contribution in [1.82, 2.24) is 98.2 Å². The van der Waals surface area contributed by atoms with Gasteiger partial charge < -0.3 is 114 Å². The zero-order valence-corrected chi connectivity index (χ0v) is 72.1. The van der Waals surface area contributed by atoms with Crippen molar-refractivity contribution < 1.29 is 71.5 Å². The maximum Gasteiger partial charge on any atom is 0.291 e. The monoisotopic (exact) mass is 1760 g/mol. The summed E-state index contributed by atoms with van der Waals surface area (Å²) in [4.78, 5) is 183. The summed E-state index contributed by atoms with van der Waals surface area (Å²) in [6.07, 6.45) is 17.6. The van der Waals surface area contributed by atoms with Gasteiger partial charge in [0.25, 0.3) is 47.3 Å². The number of imidazole rings is 4. The molecule has 13 aromatic rings. The third-order valence-electron chi connectivity index (χ3n) is 20.5. The summed E-state index contributed by atoms with van der Waals surface area (Å²) < 4.78 is 29.4. The summed E-state index contributed by atoms with van der Waals surface area (Å²) in [5.74, 6) is -4.43. The van der Waals surface area contributed by atoms with E-state index in [9.17, 15) is 57.5 Å². The van der Waals surface area contributed by atoms with Gasteiger partial charge in [0, 0.05) is 204 Å². The number of carbonyl (C=O) groups excluding carboxylic acids is 12. The van der Waals surface area contributed by atoms with Crippen molar-refractivity contribution in [3.05, 3.63) is 222 Å². The van der Waals surface area contributed by atoms with E-state index in [0.717, 1.165) is 44.7 Å². The number of amides is 12. The minimum Gasteiger partial charge on any atom is -0.491 e. The Hall–Kier alpha value is -16.4. The lowest BCUT2D eigenvalue weighted by molar-refractivity contribution is -0.121. The number of nitrogens with zero attached hydrogens (tertiary/aromatic N) is 15. The third-order valence-corrected chi connectivity index (χ3v) is 20.5. The molecule has 0 radical (unpaired) electrons. The highest BCUT2D eigenvalue weighted by molar-refractivity contribution is 6.08. The van der Waals surface area contributed by atoms with Gasteiger partial charge in [-0.3, -0.25) is 67.5 Å². The van der Waals surface area contributed by atoms with Crippen LogP contribution in [0.5, 0.6) is 5.75 Å². The molecule has 0 aliphatic carbocycles. The zero-order valence-electron chi connectivity index (χ0n) is 72.1. The van der Waals surface area contributed by atoms with E-state index in [1.54, 1.807) is 109 Å². The molecular formula is C87H95N27O15. The molecule has 11 heterocycles. The van der Waals surface area contributed by atoms with Crippen molar-refractivity contribution in [2.75, 3.05) is 89.8 Å². The van der Waals surface area contributed by atoms with Crippen LogP contribution in [0.4, 0.5) is 40.2 Å². The number of carbonyl (C=O) groups is 12. The van der Waals surface area contributed by atoms with Crippen molar-refractivity contribution >= 4 is 122 Å². The summed E-state index contributed by atoms with van der Waals surface area (Å²) in [5.41, 5.74) is 9.48. The first-order chi connectivity index (χ1) is 62.0. The second-order valence-corrected chi connectivity index (χ2v) is 30.1. The van der Waals surface area contributed by atoms with E-state index in [2.05, 4.69) is 118 Å². The summed E-state index contributed by atoms with van der Waals surface area (Å²) in [6.45, 7) is 6.68. The lowest BCUT2D eigenvalue weighted by Crippen LogP contribution is -2.33. The predicted molar refractivity (Wildman–Crippen MR) is 473 cm³/mol. The Morgan fingerprint density at radius 3 is 1.51 bits per heavy atom. The Morgan fingerprint density at radius 1 is 0.419 bits per heavy atom. The van der Waals surface area contributed by atoms with Crippen molar-refractivity contribution in [2.24, 2.45) is 49.3 Å². The van der Waals surface area contributed by atoms with E-state index in [0.29, 0.717) is 28.4 Å². The first-order valence-corrected chi connectivity index (χ1v) is 40.8. The van der Waals surface area contributed by atoms with Crippen LogP contribution in [0.15, 0.2) is 164 Å². The Labute approximate surface area is 736 Å². The van der Waals surface area contributed by atoms with E-state index in [-0.39, 0.29) is 172 Å². The second-order valence-electron chi connectivity index (χ2n) is 30.1. The van der Waals surface area contributed by atoms with Crippen LogP contribution in [-0.2, 0) is 73.2 Å². The zero-order chi connectivity index (χ0) is 91.7. The highest BCUT2D eigenvalue weighted by atomic mass is 16.5. The minimum atomic E-state index is -0.641. The summed E-state index contributed by atoms with van der Waals surface area (Å²) in [7, 11) is 11.2. The number of ether oxygens (including phenoxy) is 2. The van der Waals surface area contributed by atoms with E-state index >= 15 is 0 Å². The number of benzene rings is 2. The van der Waals surface area contributed by atoms with E-state index in [1.165, 1.54) is 82.8 Å². The van der Waals surface area contributed by atoms with Gasteiger partial charge in [-0.15, -0.1) is 0 Å². The molecule has 0 spiro atoms. The molecule has 0 unspecified atom stereocenters. The number of rotatable bonds is 39. The van der Waals surface area contributed by atoms with Gasteiger partial charge in [-0.05, 0) is 106 Å². The maximum absolute atomic E-state index is 13.4. The average Bonchev–Trinajstić information content (AvgIpc) is 1.61. The van der Waals surface area contributed by atoms with Crippen LogP contribution < -0.4 is 68.5 Å². The standard InChI is InChI=1S/C87H95N27O15/c1-50-74(52(3)129-106-50)55-38-63-75(95-42-55)61(46-114(63)51(2)62-14-11-12-27-88-62)53-16-18-54(19-17-53)80(119)97-56-20-22-60(23-21-56)128-37-36-127-35-33-89-70(115)24-29-93-85(124)78-104-69(49-112(78)9)105-83(122)66-39-57(43-110(66)7)96-72(117)25-31-94-84(123)77-102-67(47-111(77)8)100-71(116)15-13-28-91-81(120)64-41-59(45-108(64)5)99-87(126)79-103-68(48-113(79)10)101-73(118)26-30-92-82(121)65-40-58(44-109(65)6)98-86(125)76-90-32-34-107(76)4/h11-12,14,16-23,27,32,34,38-49,51H,13,15,24-26,28-31,33,35-37H2,1-10H3,(H,89,115)(H,91,120)(H,92,121)(H,93,124)(H,94,123)(H,96,117)(H,97,119)(H,98,125)(H,99,126)(H,100,116)(H,101,118)(H,105,122)/t51-/m0/s1. The second kappa shape index (κ2) is 40.9. The van der Waals surface area contributed by atoms with Crippen molar-refractivity contribution in [1.29, 1.82) is 0 Å². The Kier molecular flexibility index (Phi) is 28.6. The van der Waals surface area contributed by atoms with Crippen LogP contribution in [-0.4, -0.2) is 195 Å². The normalized spacial score (nSPS) is 11.3. The molecule has 42 heteroatoms. The number of hydrogen-bond donors (Lipinski definition) is 12. The Bertz CT molecular complexity index is 6350. The molecule has 12 N–H and O–H groups in total. The van der Waals surface area contributed by atoms with Crippen LogP contribution in [0.3, 0.4) is 0 Å². The fourth-order valence-electron chi connectivity index (χ4n) is 14.0. The molecule has 11 aromatic heterocycles. The topological polar surface area (TPSA) is 510 Å². The van der Waals surface area contributed by atoms with E-state index < -0.39 is 59.1 Å². The minimum absolute atomic E-state index is 0.0138. The van der Waals surface area contributed by atoms with Crippen molar-refractivity contribution in [3.63, 3.8) is 0 Å². The molecule has 12 amide bonds. The smallest absolute Gasteiger partial charge is 0.291 e. The first kappa shape index (κ1) is 90.3. The van der Waals surface area contributed by atoms with E-state index in [4.69, 9.17) is 19.0 Å². The number of aryl methyl sites for hydroxylation is 9. The molecule has 0 saturated carbocycles. The highest BCUT2D eigenvalue weighted by Gasteiger charge is 2.27. The fourth-order valence-corrected chi connectivity index (χ4v) is 14.0. The van der Waals surface area contributed by atoms with Gasteiger partial charge in [-0.1, -0.05) is 23.4 Å². The van der Waals surface area contributed by atoms with Gasteiger partial charge in [-0.25, -0.2) is 19.9 Å². The molecule has 1 atom stereocenters. The quantitative estimate of drug-likeness (QED) is 0.0174. The molecule has 0 saturated heterocycles. The number of hydrogen-bond acceptors (Lipinski definition) is 22. The van der Waals surface area contributed by atoms with Crippen molar-refractivity contribution in [2.45, 2.75) is 58.9 Å². The lowest BCUT2D eigenvalue weighted by Gasteiger charge is -2.15. The highest BCUT2D eigenvalue weighted by Crippen LogP contribution is 2.37. The Morgan fingerprint density at radius 2 is 0.946 bits per heavy atom. The largest absolute Gasteiger partial charge is 0.491 e.